The first-order chi connectivity index (χ1) is 9.06. The van der Waals surface area contributed by atoms with Crippen molar-refractivity contribution in [2.24, 2.45) is 10.9 Å². The Labute approximate surface area is 115 Å². The van der Waals surface area contributed by atoms with Crippen molar-refractivity contribution in [1.82, 2.24) is 0 Å². The van der Waals surface area contributed by atoms with Gasteiger partial charge in [-0.05, 0) is 18.1 Å². The molecule has 0 aromatic heterocycles. The monoisotopic (exact) mass is 286 g/mol. The molecule has 104 valence electrons. The lowest BCUT2D eigenvalue weighted by molar-refractivity contribution is -0.0493. The number of para-hydroxylation sites is 2. The molecule has 0 spiro atoms. The smallest absolute Gasteiger partial charge is 0.387 e. The molecule has 0 amide bonds. The van der Waals surface area contributed by atoms with Crippen LogP contribution in [0.1, 0.15) is 13.8 Å². The van der Waals surface area contributed by atoms with Crippen LogP contribution in [-0.4, -0.2) is 23.6 Å². The fourth-order valence-corrected chi connectivity index (χ4v) is 2.86. The molecule has 0 saturated carbocycles. The fourth-order valence-electron chi connectivity index (χ4n) is 1.68. The zero-order valence-corrected chi connectivity index (χ0v) is 11.6. The summed E-state index contributed by atoms with van der Waals surface area (Å²) in [5.41, 5.74) is 0.512. The zero-order valence-electron chi connectivity index (χ0n) is 10.8. The van der Waals surface area contributed by atoms with Gasteiger partial charge in [-0.3, -0.25) is 4.99 Å². The average molecular weight is 286 g/mol. The Morgan fingerprint density at radius 1 is 1.37 bits per heavy atom. The quantitative estimate of drug-likeness (QED) is 0.913. The number of amidine groups is 1. The van der Waals surface area contributed by atoms with Crippen molar-refractivity contribution in [1.29, 1.82) is 0 Å². The number of nitrogens with one attached hydrogen (secondary N) is 1. The van der Waals surface area contributed by atoms with Gasteiger partial charge >= 0.3 is 6.61 Å². The number of halogens is 2. The van der Waals surface area contributed by atoms with Crippen molar-refractivity contribution in [2.45, 2.75) is 26.5 Å². The molecule has 1 aromatic rings. The second-order valence-electron chi connectivity index (χ2n) is 4.56. The highest BCUT2D eigenvalue weighted by molar-refractivity contribution is 8.14. The molecule has 1 heterocycles. The lowest BCUT2D eigenvalue weighted by Gasteiger charge is -2.11. The van der Waals surface area contributed by atoms with Crippen molar-refractivity contribution in [3.63, 3.8) is 0 Å². The van der Waals surface area contributed by atoms with Crippen LogP contribution in [0.25, 0.3) is 0 Å². The van der Waals surface area contributed by atoms with Gasteiger partial charge in [-0.2, -0.15) is 8.78 Å². The Morgan fingerprint density at radius 3 is 2.74 bits per heavy atom. The Bertz CT molecular complexity index is 466. The number of aliphatic imine (C=N–C) groups is 1. The summed E-state index contributed by atoms with van der Waals surface area (Å²) < 4.78 is 29.1. The maximum atomic E-state index is 12.3. The van der Waals surface area contributed by atoms with Gasteiger partial charge in [0.05, 0.1) is 11.7 Å². The van der Waals surface area contributed by atoms with E-state index in [9.17, 15) is 8.78 Å². The molecule has 1 aromatic carbocycles. The van der Waals surface area contributed by atoms with Crippen LogP contribution in [-0.2, 0) is 0 Å². The van der Waals surface area contributed by atoms with E-state index < -0.39 is 6.61 Å². The molecule has 0 radical (unpaired) electrons. The van der Waals surface area contributed by atoms with E-state index >= 15 is 0 Å². The summed E-state index contributed by atoms with van der Waals surface area (Å²) >= 11 is 1.60. The van der Waals surface area contributed by atoms with Gasteiger partial charge in [0.2, 0.25) is 0 Å². The van der Waals surface area contributed by atoms with E-state index in [0.29, 0.717) is 11.6 Å². The Balaban J connectivity index is 2.09. The molecule has 6 heteroatoms. The summed E-state index contributed by atoms with van der Waals surface area (Å²) in [6.45, 7) is 1.40. The second kappa shape index (κ2) is 6.23. The van der Waals surface area contributed by atoms with Crippen LogP contribution < -0.4 is 10.1 Å². The Morgan fingerprint density at radius 2 is 2.11 bits per heavy atom. The summed E-state index contributed by atoms with van der Waals surface area (Å²) in [4.78, 5) is 4.53. The number of ether oxygens (including phenoxy) is 1. The lowest BCUT2D eigenvalue weighted by atomic mass is 10.1. The molecular formula is C13H16F2N2OS. The number of rotatable bonds is 4. The summed E-state index contributed by atoms with van der Waals surface area (Å²) in [7, 11) is 0. The molecule has 0 saturated heterocycles. The van der Waals surface area contributed by atoms with Crippen LogP contribution in [0.3, 0.4) is 0 Å². The first-order valence-electron chi connectivity index (χ1n) is 6.07. The summed E-state index contributed by atoms with van der Waals surface area (Å²) in [6, 6.07) is 6.90. The molecule has 0 bridgehead atoms. The summed E-state index contributed by atoms with van der Waals surface area (Å²) in [5, 5.41) is 3.81. The van der Waals surface area contributed by atoms with Gasteiger partial charge < -0.3 is 10.1 Å². The minimum absolute atomic E-state index is 0.133. The van der Waals surface area contributed by atoms with Crippen LogP contribution in [0.4, 0.5) is 14.5 Å². The molecule has 1 aliphatic rings. The summed E-state index contributed by atoms with van der Waals surface area (Å²) in [6.07, 6.45) is 0. The SMILES string of the molecule is CC(C)C1CSC(Nc2ccccc2OC(F)F)=N1. The lowest BCUT2D eigenvalue weighted by Crippen LogP contribution is -2.12. The molecule has 1 atom stereocenters. The number of hydrogen-bond donors (Lipinski definition) is 1. The van der Waals surface area contributed by atoms with E-state index in [0.717, 1.165) is 10.9 Å². The van der Waals surface area contributed by atoms with Crippen LogP contribution >= 0.6 is 11.8 Å². The standard InChI is InChI=1S/C13H16F2N2OS/c1-8(2)10-7-19-13(17-10)16-9-5-3-4-6-11(9)18-12(14)15/h3-6,8,10,12H,7H2,1-2H3,(H,16,17). The van der Waals surface area contributed by atoms with E-state index in [1.54, 1.807) is 30.0 Å². The molecule has 0 fully saturated rings. The predicted octanol–water partition coefficient (Wildman–Crippen LogP) is 3.83. The normalized spacial score (nSPS) is 18.8. The Kier molecular flexibility index (Phi) is 4.63. The minimum atomic E-state index is -2.83. The number of alkyl halides is 2. The third-order valence-corrected chi connectivity index (χ3v) is 3.78. The van der Waals surface area contributed by atoms with E-state index in [1.165, 1.54) is 6.07 Å². The van der Waals surface area contributed by atoms with Gasteiger partial charge in [0.1, 0.15) is 5.75 Å². The van der Waals surface area contributed by atoms with Gasteiger partial charge in [0.15, 0.2) is 5.17 Å². The van der Waals surface area contributed by atoms with Crippen LogP contribution in [0.5, 0.6) is 5.75 Å². The molecular weight excluding hydrogens is 270 g/mol. The Hall–Kier alpha value is -1.30. The molecule has 3 nitrogen and oxygen atoms in total. The van der Waals surface area contributed by atoms with Gasteiger partial charge in [-0.25, -0.2) is 0 Å². The van der Waals surface area contributed by atoms with Crippen molar-refractivity contribution in [3.8, 4) is 5.75 Å². The number of hydrogen-bond acceptors (Lipinski definition) is 4. The third-order valence-electron chi connectivity index (χ3n) is 2.79. The highest BCUT2D eigenvalue weighted by Crippen LogP contribution is 2.29. The van der Waals surface area contributed by atoms with E-state index in [1.807, 2.05) is 0 Å². The maximum absolute atomic E-state index is 12.3. The predicted molar refractivity (Wildman–Crippen MR) is 75.2 cm³/mol. The molecule has 19 heavy (non-hydrogen) atoms. The molecule has 1 aliphatic heterocycles. The topological polar surface area (TPSA) is 33.6 Å². The first-order valence-corrected chi connectivity index (χ1v) is 7.06. The minimum Gasteiger partial charge on any atom is -0.433 e. The molecule has 1 unspecified atom stereocenters. The van der Waals surface area contributed by atoms with E-state index in [2.05, 4.69) is 28.9 Å². The molecule has 2 rings (SSSR count). The second-order valence-corrected chi connectivity index (χ2v) is 5.56. The van der Waals surface area contributed by atoms with Crippen LogP contribution in [0.15, 0.2) is 29.3 Å². The molecule has 0 aliphatic carbocycles. The number of thioether (sulfide) groups is 1. The molecule has 1 N–H and O–H groups in total. The van der Waals surface area contributed by atoms with Gasteiger partial charge in [-0.15, -0.1) is 0 Å². The third kappa shape index (κ3) is 3.83. The summed E-state index contributed by atoms with van der Waals surface area (Å²) in [5.74, 6) is 1.52. The van der Waals surface area contributed by atoms with Crippen molar-refractivity contribution >= 4 is 22.6 Å². The average Bonchev–Trinajstić information content (AvgIpc) is 2.80. The number of anilines is 1. The fraction of sp³-hybridized carbons (Fsp3) is 0.462. The van der Waals surface area contributed by atoms with Crippen molar-refractivity contribution < 1.29 is 13.5 Å². The van der Waals surface area contributed by atoms with E-state index in [4.69, 9.17) is 0 Å². The highest BCUT2D eigenvalue weighted by atomic mass is 32.2. The van der Waals surface area contributed by atoms with Gasteiger partial charge in [-0.1, -0.05) is 37.7 Å². The van der Waals surface area contributed by atoms with Crippen molar-refractivity contribution in [2.75, 3.05) is 11.1 Å². The van der Waals surface area contributed by atoms with E-state index in [-0.39, 0.29) is 11.8 Å². The van der Waals surface area contributed by atoms with Gasteiger partial charge in [0.25, 0.3) is 0 Å². The number of nitrogens with zero attached hydrogens (tertiary/aromatic N) is 1. The maximum Gasteiger partial charge on any atom is 0.387 e. The van der Waals surface area contributed by atoms with Crippen molar-refractivity contribution in [3.05, 3.63) is 24.3 Å². The zero-order chi connectivity index (χ0) is 13.8. The highest BCUT2D eigenvalue weighted by Gasteiger charge is 2.22. The largest absolute Gasteiger partial charge is 0.433 e. The van der Waals surface area contributed by atoms with Crippen LogP contribution in [0.2, 0.25) is 0 Å². The first kappa shape index (κ1) is 14.1. The van der Waals surface area contributed by atoms with Crippen LogP contribution in [0, 0.1) is 5.92 Å². The van der Waals surface area contributed by atoms with Gasteiger partial charge in [0, 0.05) is 5.75 Å². The number of benzene rings is 1.